The lowest BCUT2D eigenvalue weighted by atomic mass is 10.0. The van der Waals surface area contributed by atoms with E-state index in [0.29, 0.717) is 44.8 Å². The molecule has 7 nitrogen and oxygen atoms in total. The Balaban J connectivity index is 1.74. The number of nitrogens with one attached hydrogen (secondary N) is 1. The Morgan fingerprint density at radius 3 is 2.21 bits per heavy atom. The van der Waals surface area contributed by atoms with Crippen LogP contribution in [0.2, 0.25) is 5.02 Å². The van der Waals surface area contributed by atoms with Crippen molar-refractivity contribution < 1.29 is 23.7 Å². The highest BCUT2D eigenvalue weighted by Crippen LogP contribution is 2.33. The lowest BCUT2D eigenvalue weighted by molar-refractivity contribution is -0.118. The minimum absolute atomic E-state index is 0.205. The Kier molecular flexibility index (Phi) is 8.38. The molecule has 174 valence electrons. The van der Waals surface area contributed by atoms with Gasteiger partial charge >= 0.3 is 0 Å². The van der Waals surface area contributed by atoms with E-state index in [4.69, 9.17) is 30.5 Å². The number of carbonyl (C=O) groups excluding carboxylic acids is 1. The molecule has 0 aliphatic rings. The Labute approximate surface area is 203 Å². The van der Waals surface area contributed by atoms with E-state index in [1.165, 1.54) is 14.2 Å². The van der Waals surface area contributed by atoms with E-state index in [2.05, 4.69) is 11.4 Å². The van der Waals surface area contributed by atoms with Crippen molar-refractivity contribution in [3.63, 3.8) is 0 Å². The normalized spacial score (nSPS) is 10.7. The first-order valence-corrected chi connectivity index (χ1v) is 10.6. The number of nitrogens with zero attached hydrogens (tertiary/aromatic N) is 1. The maximum Gasteiger partial charge on any atom is 0.262 e. The average Bonchev–Trinajstić information content (AvgIpc) is 2.87. The summed E-state index contributed by atoms with van der Waals surface area (Å²) in [6.45, 7) is -0.205. The van der Waals surface area contributed by atoms with E-state index < -0.39 is 0 Å². The molecule has 8 heteroatoms. The van der Waals surface area contributed by atoms with Crippen LogP contribution in [0.5, 0.6) is 23.0 Å². The third kappa shape index (κ3) is 6.21. The average molecular weight is 479 g/mol. The Bertz CT molecular complexity index is 1230. The van der Waals surface area contributed by atoms with Crippen LogP contribution in [0.4, 0.5) is 5.69 Å². The van der Waals surface area contributed by atoms with Crippen molar-refractivity contribution >= 4 is 34.8 Å². The Morgan fingerprint density at radius 2 is 1.56 bits per heavy atom. The van der Waals surface area contributed by atoms with E-state index in [1.54, 1.807) is 73.8 Å². The SMILES string of the molecule is COc1ccc(/C(C#N)=C/c2ccc(OCC(=O)Nc3ccc(Cl)cc3)c(OC)c2)cc1OC. The van der Waals surface area contributed by atoms with Crippen LogP contribution in [0.25, 0.3) is 11.6 Å². The summed E-state index contributed by atoms with van der Waals surface area (Å²) < 4.78 is 21.6. The van der Waals surface area contributed by atoms with Crippen molar-refractivity contribution in [1.29, 1.82) is 5.26 Å². The number of methoxy groups -OCH3 is 3. The van der Waals surface area contributed by atoms with Crippen LogP contribution in [0.1, 0.15) is 11.1 Å². The Hall–Kier alpha value is -4.15. The van der Waals surface area contributed by atoms with Gasteiger partial charge in [0.1, 0.15) is 0 Å². The third-order valence-electron chi connectivity index (χ3n) is 4.80. The monoisotopic (exact) mass is 478 g/mol. The highest BCUT2D eigenvalue weighted by Gasteiger charge is 2.11. The van der Waals surface area contributed by atoms with Crippen molar-refractivity contribution in [2.75, 3.05) is 33.3 Å². The van der Waals surface area contributed by atoms with Gasteiger partial charge in [-0.15, -0.1) is 0 Å². The predicted octanol–water partition coefficient (Wildman–Crippen LogP) is 5.45. The van der Waals surface area contributed by atoms with E-state index in [1.807, 2.05) is 0 Å². The van der Waals surface area contributed by atoms with Gasteiger partial charge in [0.25, 0.3) is 5.91 Å². The molecule has 3 aromatic rings. The number of amides is 1. The number of hydrogen-bond acceptors (Lipinski definition) is 6. The van der Waals surface area contributed by atoms with Crippen LogP contribution in [0.3, 0.4) is 0 Å². The second kappa shape index (κ2) is 11.6. The number of carbonyl (C=O) groups is 1. The van der Waals surface area contributed by atoms with Crippen molar-refractivity contribution in [1.82, 2.24) is 0 Å². The molecule has 0 spiro atoms. The number of rotatable bonds is 9. The highest BCUT2D eigenvalue weighted by atomic mass is 35.5. The van der Waals surface area contributed by atoms with Crippen molar-refractivity contribution in [3.05, 3.63) is 76.8 Å². The molecule has 0 bridgehead atoms. The van der Waals surface area contributed by atoms with Crippen LogP contribution < -0.4 is 24.3 Å². The zero-order valence-electron chi connectivity index (χ0n) is 18.9. The summed E-state index contributed by atoms with van der Waals surface area (Å²) in [7, 11) is 4.59. The maximum absolute atomic E-state index is 12.2. The summed E-state index contributed by atoms with van der Waals surface area (Å²) >= 11 is 5.85. The third-order valence-corrected chi connectivity index (χ3v) is 5.05. The smallest absolute Gasteiger partial charge is 0.262 e. The number of halogens is 1. The topological polar surface area (TPSA) is 89.8 Å². The zero-order valence-corrected chi connectivity index (χ0v) is 19.7. The number of nitriles is 1. The molecule has 0 aliphatic heterocycles. The number of ether oxygens (including phenoxy) is 4. The Morgan fingerprint density at radius 1 is 0.912 bits per heavy atom. The van der Waals surface area contributed by atoms with Gasteiger partial charge in [-0.2, -0.15) is 5.26 Å². The molecule has 0 saturated heterocycles. The van der Waals surface area contributed by atoms with Gasteiger partial charge in [-0.05, 0) is 71.8 Å². The molecule has 1 amide bonds. The molecule has 34 heavy (non-hydrogen) atoms. The largest absolute Gasteiger partial charge is 0.493 e. The first kappa shape index (κ1) is 24.5. The van der Waals surface area contributed by atoms with Crippen molar-refractivity contribution in [2.24, 2.45) is 0 Å². The molecular weight excluding hydrogens is 456 g/mol. The second-order valence-corrected chi connectivity index (χ2v) is 7.43. The van der Waals surface area contributed by atoms with Gasteiger partial charge in [0, 0.05) is 10.7 Å². The zero-order chi connectivity index (χ0) is 24.5. The predicted molar refractivity (Wildman–Crippen MR) is 132 cm³/mol. The van der Waals surface area contributed by atoms with E-state index in [0.717, 1.165) is 5.56 Å². The minimum atomic E-state index is -0.325. The summed E-state index contributed by atoms with van der Waals surface area (Å²) in [6, 6.07) is 19.4. The summed E-state index contributed by atoms with van der Waals surface area (Å²) in [5, 5.41) is 13.0. The summed E-state index contributed by atoms with van der Waals surface area (Å²) in [4.78, 5) is 12.2. The van der Waals surface area contributed by atoms with Gasteiger partial charge in [0.15, 0.2) is 29.6 Å². The molecule has 1 N–H and O–H groups in total. The van der Waals surface area contributed by atoms with Crippen LogP contribution in [0, 0.1) is 11.3 Å². The molecule has 0 atom stereocenters. The van der Waals surface area contributed by atoms with Crippen molar-refractivity contribution in [3.8, 4) is 29.1 Å². The van der Waals surface area contributed by atoms with Gasteiger partial charge in [0.2, 0.25) is 0 Å². The van der Waals surface area contributed by atoms with Gasteiger partial charge in [-0.1, -0.05) is 17.7 Å². The second-order valence-electron chi connectivity index (χ2n) is 6.99. The van der Waals surface area contributed by atoms with E-state index in [-0.39, 0.29) is 12.5 Å². The van der Waals surface area contributed by atoms with Gasteiger partial charge in [-0.3, -0.25) is 4.79 Å². The summed E-state index contributed by atoms with van der Waals surface area (Å²) in [5.74, 6) is 1.60. The van der Waals surface area contributed by atoms with Crippen LogP contribution in [-0.4, -0.2) is 33.8 Å². The lowest BCUT2D eigenvalue weighted by Gasteiger charge is -2.12. The van der Waals surface area contributed by atoms with Gasteiger partial charge in [-0.25, -0.2) is 0 Å². The summed E-state index contributed by atoms with van der Waals surface area (Å²) in [6.07, 6.45) is 1.72. The number of hydrogen-bond donors (Lipinski definition) is 1. The number of anilines is 1. The molecule has 0 saturated carbocycles. The molecular formula is C26H23ClN2O5. The number of benzene rings is 3. The van der Waals surface area contributed by atoms with E-state index >= 15 is 0 Å². The van der Waals surface area contributed by atoms with Gasteiger partial charge < -0.3 is 24.3 Å². The minimum Gasteiger partial charge on any atom is -0.493 e. The standard InChI is InChI=1S/C26H23ClN2O5/c1-31-22-11-5-18(14-25(22)33-3)19(15-28)12-17-4-10-23(24(13-17)32-2)34-16-26(30)29-21-8-6-20(27)7-9-21/h4-14H,16H2,1-3H3,(H,29,30)/b19-12+. The van der Waals surface area contributed by atoms with Crippen LogP contribution >= 0.6 is 11.6 Å². The molecule has 3 rings (SSSR count). The highest BCUT2D eigenvalue weighted by molar-refractivity contribution is 6.30. The fourth-order valence-electron chi connectivity index (χ4n) is 3.12. The fraction of sp³-hybridized carbons (Fsp3) is 0.154. The van der Waals surface area contributed by atoms with Crippen molar-refractivity contribution in [2.45, 2.75) is 0 Å². The molecule has 0 aliphatic carbocycles. The molecule has 0 heterocycles. The van der Waals surface area contributed by atoms with Crippen LogP contribution in [-0.2, 0) is 4.79 Å². The maximum atomic E-state index is 12.2. The number of allylic oxidation sites excluding steroid dienone is 1. The fourth-order valence-corrected chi connectivity index (χ4v) is 3.24. The molecule has 3 aromatic carbocycles. The quantitative estimate of drug-likeness (QED) is 0.325. The molecule has 0 fully saturated rings. The molecule has 0 unspecified atom stereocenters. The van der Waals surface area contributed by atoms with E-state index in [9.17, 15) is 10.1 Å². The summed E-state index contributed by atoms with van der Waals surface area (Å²) in [5.41, 5.74) is 2.45. The van der Waals surface area contributed by atoms with Crippen LogP contribution in [0.15, 0.2) is 60.7 Å². The molecule has 0 aromatic heterocycles. The first-order valence-electron chi connectivity index (χ1n) is 10.2. The molecule has 0 radical (unpaired) electrons. The van der Waals surface area contributed by atoms with Gasteiger partial charge in [0.05, 0.1) is 33.0 Å². The first-order chi connectivity index (χ1) is 16.5. The lowest BCUT2D eigenvalue weighted by Crippen LogP contribution is -2.20.